The Hall–Kier alpha value is -2.24. The van der Waals surface area contributed by atoms with Gasteiger partial charge in [0.15, 0.2) is 0 Å². The van der Waals surface area contributed by atoms with Crippen LogP contribution in [0.1, 0.15) is 24.1 Å². The maximum atomic E-state index is 6.11. The van der Waals surface area contributed by atoms with Crippen LogP contribution in [0.3, 0.4) is 0 Å². The number of hydrogen-bond acceptors (Lipinski definition) is 4. The minimum absolute atomic E-state index is 0.217. The summed E-state index contributed by atoms with van der Waals surface area (Å²) in [6.07, 6.45) is 6.62. The lowest BCUT2D eigenvalue weighted by atomic mass is 10.1. The second kappa shape index (κ2) is 6.68. The minimum atomic E-state index is 0.217. The minimum Gasteiger partial charge on any atom is -0.306 e. The van der Waals surface area contributed by atoms with Crippen molar-refractivity contribution in [3.63, 3.8) is 0 Å². The summed E-state index contributed by atoms with van der Waals surface area (Å²) in [5.74, 6) is 0. The van der Waals surface area contributed by atoms with Gasteiger partial charge < -0.3 is 5.32 Å². The largest absolute Gasteiger partial charge is 0.306 e. The first-order chi connectivity index (χ1) is 10.7. The lowest BCUT2D eigenvalue weighted by molar-refractivity contribution is 0.574. The molecule has 3 aromatic rings. The molecule has 0 spiro atoms. The third kappa shape index (κ3) is 3.32. The van der Waals surface area contributed by atoms with Gasteiger partial charge in [-0.05, 0) is 36.2 Å². The van der Waals surface area contributed by atoms with E-state index in [0.29, 0.717) is 11.6 Å². The zero-order valence-corrected chi connectivity index (χ0v) is 12.9. The van der Waals surface area contributed by atoms with Gasteiger partial charge in [-0.1, -0.05) is 23.7 Å². The Balaban J connectivity index is 1.65. The molecular weight excluding hydrogens is 298 g/mol. The molecule has 0 fully saturated rings. The second-order valence-electron chi connectivity index (χ2n) is 5.00. The average molecular weight is 314 g/mol. The van der Waals surface area contributed by atoms with E-state index in [9.17, 15) is 0 Å². The molecule has 0 aliphatic heterocycles. The molecule has 22 heavy (non-hydrogen) atoms. The maximum absolute atomic E-state index is 6.11. The molecule has 0 aliphatic rings. The molecule has 0 saturated heterocycles. The number of nitrogens with one attached hydrogen (secondary N) is 1. The van der Waals surface area contributed by atoms with E-state index >= 15 is 0 Å². The molecule has 112 valence electrons. The van der Waals surface area contributed by atoms with Crippen LogP contribution >= 0.6 is 11.6 Å². The van der Waals surface area contributed by atoms with Gasteiger partial charge in [0.1, 0.15) is 12.7 Å². The van der Waals surface area contributed by atoms with E-state index in [1.54, 1.807) is 23.4 Å². The van der Waals surface area contributed by atoms with Crippen molar-refractivity contribution in [3.05, 3.63) is 71.5 Å². The number of rotatable bonds is 5. The lowest BCUT2D eigenvalue weighted by Gasteiger charge is -2.15. The fraction of sp³-hybridized carbons (Fsp3) is 0.188. The summed E-state index contributed by atoms with van der Waals surface area (Å²) in [5, 5.41) is 8.26. The molecule has 5 nitrogen and oxygen atoms in total. The summed E-state index contributed by atoms with van der Waals surface area (Å²) in [5.41, 5.74) is 3.24. The molecule has 0 saturated carbocycles. The van der Waals surface area contributed by atoms with Crippen molar-refractivity contribution in [2.24, 2.45) is 0 Å². The van der Waals surface area contributed by atoms with Crippen molar-refractivity contribution in [1.29, 1.82) is 0 Å². The van der Waals surface area contributed by atoms with Crippen LogP contribution in [-0.4, -0.2) is 19.7 Å². The highest BCUT2D eigenvalue weighted by Gasteiger charge is 2.07. The summed E-state index contributed by atoms with van der Waals surface area (Å²) < 4.78 is 1.73. The van der Waals surface area contributed by atoms with Crippen LogP contribution in [0.2, 0.25) is 5.02 Å². The van der Waals surface area contributed by atoms with E-state index in [-0.39, 0.29) is 6.04 Å². The van der Waals surface area contributed by atoms with Gasteiger partial charge in [-0.25, -0.2) is 9.67 Å². The zero-order valence-electron chi connectivity index (χ0n) is 12.1. The van der Waals surface area contributed by atoms with Gasteiger partial charge in [-0.2, -0.15) is 5.10 Å². The third-order valence-electron chi connectivity index (χ3n) is 3.53. The predicted molar refractivity (Wildman–Crippen MR) is 85.9 cm³/mol. The van der Waals surface area contributed by atoms with Gasteiger partial charge in [0.05, 0.1) is 10.7 Å². The average Bonchev–Trinajstić information content (AvgIpc) is 3.08. The van der Waals surface area contributed by atoms with Crippen LogP contribution in [0, 0.1) is 0 Å². The Morgan fingerprint density at radius 2 is 2.00 bits per heavy atom. The quantitative estimate of drug-likeness (QED) is 0.786. The molecule has 1 atom stereocenters. The lowest BCUT2D eigenvalue weighted by Crippen LogP contribution is -2.18. The Kier molecular flexibility index (Phi) is 4.46. The van der Waals surface area contributed by atoms with Crippen LogP contribution in [0.4, 0.5) is 0 Å². The van der Waals surface area contributed by atoms with Gasteiger partial charge in [-0.3, -0.25) is 4.98 Å². The van der Waals surface area contributed by atoms with E-state index in [1.165, 1.54) is 11.9 Å². The van der Waals surface area contributed by atoms with E-state index in [0.717, 1.165) is 11.3 Å². The molecule has 0 amide bonds. The molecule has 2 heterocycles. The van der Waals surface area contributed by atoms with Crippen LogP contribution in [-0.2, 0) is 6.54 Å². The smallest absolute Gasteiger partial charge is 0.138 e. The Morgan fingerprint density at radius 1 is 1.18 bits per heavy atom. The Labute approximate surface area is 134 Å². The maximum Gasteiger partial charge on any atom is 0.138 e. The SMILES string of the molecule is CC(NCc1ccncc1Cl)c1ccc(-n2cncn2)cc1. The highest BCUT2D eigenvalue weighted by molar-refractivity contribution is 6.31. The van der Waals surface area contributed by atoms with Crippen molar-refractivity contribution < 1.29 is 0 Å². The zero-order chi connectivity index (χ0) is 15.4. The second-order valence-corrected chi connectivity index (χ2v) is 5.41. The van der Waals surface area contributed by atoms with Crippen LogP contribution in [0.25, 0.3) is 5.69 Å². The van der Waals surface area contributed by atoms with Gasteiger partial charge in [0.2, 0.25) is 0 Å². The molecular formula is C16H16ClN5. The topological polar surface area (TPSA) is 55.6 Å². The number of pyridine rings is 1. The first-order valence-corrected chi connectivity index (χ1v) is 7.38. The van der Waals surface area contributed by atoms with Crippen molar-refractivity contribution in [2.45, 2.75) is 19.5 Å². The van der Waals surface area contributed by atoms with E-state index in [1.807, 2.05) is 18.2 Å². The van der Waals surface area contributed by atoms with Gasteiger partial charge >= 0.3 is 0 Å². The van der Waals surface area contributed by atoms with Crippen LogP contribution in [0.15, 0.2) is 55.4 Å². The molecule has 2 aromatic heterocycles. The first kappa shape index (κ1) is 14.7. The van der Waals surface area contributed by atoms with E-state index in [2.05, 4.69) is 39.4 Å². The molecule has 1 aromatic carbocycles. The Morgan fingerprint density at radius 3 is 2.68 bits per heavy atom. The number of aromatic nitrogens is 4. The molecule has 3 rings (SSSR count). The number of benzene rings is 1. The number of nitrogens with zero attached hydrogens (tertiary/aromatic N) is 4. The summed E-state index contributed by atoms with van der Waals surface area (Å²) in [6.45, 7) is 2.83. The first-order valence-electron chi connectivity index (χ1n) is 7.01. The molecule has 1 unspecified atom stereocenters. The summed E-state index contributed by atoms with van der Waals surface area (Å²) in [6, 6.07) is 10.4. The van der Waals surface area contributed by atoms with Crippen molar-refractivity contribution in [1.82, 2.24) is 25.1 Å². The standard InChI is InChI=1S/C16H16ClN5/c1-12(20-8-14-6-7-18-9-16(14)17)13-2-4-15(5-3-13)22-11-19-10-21-22/h2-7,9-12,20H,8H2,1H3. The normalized spacial score (nSPS) is 12.3. The molecule has 0 bridgehead atoms. The highest BCUT2D eigenvalue weighted by atomic mass is 35.5. The van der Waals surface area contributed by atoms with Crippen molar-refractivity contribution >= 4 is 11.6 Å². The summed E-state index contributed by atoms with van der Waals surface area (Å²) >= 11 is 6.11. The predicted octanol–water partition coefficient (Wildman–Crippen LogP) is 3.17. The number of halogens is 1. The van der Waals surface area contributed by atoms with E-state index in [4.69, 9.17) is 11.6 Å². The molecule has 6 heteroatoms. The molecule has 0 radical (unpaired) electrons. The van der Waals surface area contributed by atoms with Gasteiger partial charge in [0.25, 0.3) is 0 Å². The fourth-order valence-corrected chi connectivity index (χ4v) is 2.37. The summed E-state index contributed by atoms with van der Waals surface area (Å²) in [4.78, 5) is 7.94. The van der Waals surface area contributed by atoms with E-state index < -0.39 is 0 Å². The van der Waals surface area contributed by atoms with Crippen molar-refractivity contribution in [3.8, 4) is 5.69 Å². The monoisotopic (exact) mass is 313 g/mol. The fourth-order valence-electron chi connectivity index (χ4n) is 2.19. The van der Waals surface area contributed by atoms with Gasteiger partial charge in [0, 0.05) is 25.0 Å². The van der Waals surface area contributed by atoms with Crippen LogP contribution < -0.4 is 5.32 Å². The summed E-state index contributed by atoms with van der Waals surface area (Å²) in [7, 11) is 0. The Bertz CT molecular complexity index is 725. The van der Waals surface area contributed by atoms with Crippen molar-refractivity contribution in [2.75, 3.05) is 0 Å². The molecule has 0 aliphatic carbocycles. The van der Waals surface area contributed by atoms with Crippen LogP contribution in [0.5, 0.6) is 0 Å². The number of hydrogen-bond donors (Lipinski definition) is 1. The molecule has 1 N–H and O–H groups in total. The third-order valence-corrected chi connectivity index (χ3v) is 3.87. The van der Waals surface area contributed by atoms with Gasteiger partial charge in [-0.15, -0.1) is 0 Å². The highest BCUT2D eigenvalue weighted by Crippen LogP contribution is 2.18.